The third-order valence-electron chi connectivity index (χ3n) is 2.44. The van der Waals surface area contributed by atoms with Gasteiger partial charge in [0.2, 0.25) is 0 Å². The smallest absolute Gasteiger partial charge is 0.139 e. The lowest BCUT2D eigenvalue weighted by Gasteiger charge is -2.03. The molecule has 1 N–H and O–H groups in total. The summed E-state index contributed by atoms with van der Waals surface area (Å²) in [5.41, 5.74) is 5.73. The molecule has 0 unspecified atom stereocenters. The van der Waals surface area contributed by atoms with Crippen LogP contribution in [-0.4, -0.2) is 23.3 Å². The zero-order valence-electron chi connectivity index (χ0n) is 7.47. The van der Waals surface area contributed by atoms with Crippen LogP contribution in [-0.2, 0) is 0 Å². The molecule has 0 aliphatic carbocycles. The number of hydrogen-bond acceptors (Lipinski definition) is 2. The molecule has 1 aromatic carbocycles. The maximum absolute atomic E-state index is 4.08. The summed E-state index contributed by atoms with van der Waals surface area (Å²) >= 11 is 0. The predicted molar refractivity (Wildman–Crippen MR) is 51.5 cm³/mol. The van der Waals surface area contributed by atoms with Crippen molar-refractivity contribution in [1.29, 1.82) is 0 Å². The number of H-pyrrole nitrogens is 1. The highest BCUT2D eigenvalue weighted by Crippen LogP contribution is 2.14. The van der Waals surface area contributed by atoms with E-state index < -0.39 is 0 Å². The highest BCUT2D eigenvalue weighted by atomic mass is 15.3. The van der Waals surface area contributed by atoms with Crippen LogP contribution >= 0.6 is 0 Å². The topological polar surface area (TPSA) is 41.6 Å². The van der Waals surface area contributed by atoms with Crippen LogP contribution in [0.2, 0.25) is 0 Å². The zero-order valence-corrected chi connectivity index (χ0v) is 7.47. The molecule has 1 heterocycles. The molecule has 0 radical (unpaired) electrons. The Morgan fingerprint density at radius 3 is 2.75 bits per heavy atom. The van der Waals surface area contributed by atoms with Gasteiger partial charge in [-0.2, -0.15) is 15.4 Å². The number of aromatic nitrogens is 3. The third kappa shape index (κ3) is 0.842. The van der Waals surface area contributed by atoms with Gasteiger partial charge in [0.1, 0.15) is 18.9 Å². The van der Waals surface area contributed by atoms with Gasteiger partial charge in [0, 0.05) is 0 Å². The van der Waals surface area contributed by atoms with E-state index >= 15 is 0 Å². The van der Waals surface area contributed by atoms with Crippen LogP contribution < -0.4 is 5.46 Å². The van der Waals surface area contributed by atoms with E-state index in [1.54, 1.807) is 0 Å². The van der Waals surface area contributed by atoms with Crippen LogP contribution in [0.15, 0.2) is 6.07 Å². The molecule has 0 aliphatic rings. The number of hydrogen-bond donors (Lipinski definition) is 1. The maximum Gasteiger partial charge on any atom is 0.139 e. The minimum atomic E-state index is 0.954. The molecule has 0 spiro atoms. The van der Waals surface area contributed by atoms with Gasteiger partial charge in [-0.05, 0) is 25.5 Å². The summed E-state index contributed by atoms with van der Waals surface area (Å²) in [6.45, 7) is 4.19. The standard InChI is InChI=1S/C8H10BN3/c1-4-5(2)8-7(3-6(4)9)10-12-11-8/h3H,9H2,1-2H3,(H,10,11,12). The minimum Gasteiger partial charge on any atom is -0.197 e. The van der Waals surface area contributed by atoms with E-state index in [0.717, 1.165) is 11.0 Å². The van der Waals surface area contributed by atoms with Gasteiger partial charge < -0.3 is 0 Å². The molecule has 0 fully saturated rings. The van der Waals surface area contributed by atoms with Crippen molar-refractivity contribution >= 4 is 24.3 Å². The third-order valence-corrected chi connectivity index (χ3v) is 2.44. The molecule has 0 saturated heterocycles. The molecule has 0 saturated carbocycles. The molecule has 4 heteroatoms. The van der Waals surface area contributed by atoms with Gasteiger partial charge in [0.05, 0.1) is 0 Å². The lowest BCUT2D eigenvalue weighted by atomic mass is 9.88. The molecule has 12 heavy (non-hydrogen) atoms. The first kappa shape index (κ1) is 7.34. The van der Waals surface area contributed by atoms with Gasteiger partial charge in [-0.1, -0.05) is 11.0 Å². The van der Waals surface area contributed by atoms with Crippen molar-refractivity contribution in [1.82, 2.24) is 15.4 Å². The molecule has 0 aliphatic heterocycles. The summed E-state index contributed by atoms with van der Waals surface area (Å²) in [6, 6.07) is 2.06. The summed E-state index contributed by atoms with van der Waals surface area (Å²) in [5, 5.41) is 10.8. The number of nitrogens with one attached hydrogen (secondary N) is 1. The Hall–Kier alpha value is -1.32. The van der Waals surface area contributed by atoms with Crippen molar-refractivity contribution in [3.63, 3.8) is 0 Å². The van der Waals surface area contributed by atoms with E-state index in [4.69, 9.17) is 0 Å². The molecule has 0 bridgehead atoms. The Kier molecular flexibility index (Phi) is 1.43. The maximum atomic E-state index is 4.08. The summed E-state index contributed by atoms with van der Waals surface area (Å²) < 4.78 is 0. The van der Waals surface area contributed by atoms with E-state index in [2.05, 4.69) is 43.2 Å². The molecular formula is C8H10BN3. The lowest BCUT2D eigenvalue weighted by Crippen LogP contribution is -2.08. The van der Waals surface area contributed by atoms with Gasteiger partial charge >= 0.3 is 0 Å². The fourth-order valence-electron chi connectivity index (χ4n) is 1.40. The molecule has 2 rings (SSSR count). The fourth-order valence-corrected chi connectivity index (χ4v) is 1.40. The molecule has 3 nitrogen and oxygen atoms in total. The average Bonchev–Trinajstić information content (AvgIpc) is 2.48. The molecular weight excluding hydrogens is 149 g/mol. The number of aromatic amines is 1. The summed E-state index contributed by atoms with van der Waals surface area (Å²) in [7, 11) is 2.09. The zero-order chi connectivity index (χ0) is 8.72. The van der Waals surface area contributed by atoms with Crippen molar-refractivity contribution in [2.45, 2.75) is 13.8 Å². The second kappa shape index (κ2) is 2.34. The number of benzene rings is 1. The largest absolute Gasteiger partial charge is 0.197 e. The fraction of sp³-hybridized carbons (Fsp3) is 0.250. The monoisotopic (exact) mass is 159 g/mol. The van der Waals surface area contributed by atoms with Crippen LogP contribution in [0.25, 0.3) is 11.0 Å². The molecule has 0 amide bonds. The Morgan fingerprint density at radius 1 is 1.25 bits per heavy atom. The molecule has 1 aromatic heterocycles. The molecule has 60 valence electrons. The Labute approximate surface area is 71.6 Å². The van der Waals surface area contributed by atoms with Crippen molar-refractivity contribution in [3.8, 4) is 0 Å². The van der Waals surface area contributed by atoms with E-state index in [1.807, 2.05) is 0 Å². The van der Waals surface area contributed by atoms with Gasteiger partial charge in [-0.3, -0.25) is 0 Å². The van der Waals surface area contributed by atoms with Gasteiger partial charge in [0.25, 0.3) is 0 Å². The van der Waals surface area contributed by atoms with Crippen LogP contribution in [0.4, 0.5) is 0 Å². The highest BCUT2D eigenvalue weighted by Gasteiger charge is 2.05. The van der Waals surface area contributed by atoms with Crippen LogP contribution in [0, 0.1) is 13.8 Å². The number of rotatable bonds is 0. The van der Waals surface area contributed by atoms with Crippen LogP contribution in [0.3, 0.4) is 0 Å². The Morgan fingerprint density at radius 2 is 2.00 bits per heavy atom. The second-order valence-electron chi connectivity index (χ2n) is 3.13. The van der Waals surface area contributed by atoms with Gasteiger partial charge in [0.15, 0.2) is 0 Å². The lowest BCUT2D eigenvalue weighted by molar-refractivity contribution is 0.958. The van der Waals surface area contributed by atoms with Crippen molar-refractivity contribution in [2.24, 2.45) is 0 Å². The molecule has 2 aromatic rings. The average molecular weight is 159 g/mol. The van der Waals surface area contributed by atoms with E-state index in [9.17, 15) is 0 Å². The quantitative estimate of drug-likeness (QED) is 0.542. The predicted octanol–water partition coefficient (Wildman–Crippen LogP) is -0.167. The van der Waals surface area contributed by atoms with E-state index in [1.165, 1.54) is 16.6 Å². The Bertz CT molecular complexity index is 433. The summed E-state index contributed by atoms with van der Waals surface area (Å²) in [5.74, 6) is 0. The SMILES string of the molecule is Bc1cc2n[nH]nc2c(C)c1C. The van der Waals surface area contributed by atoms with Crippen LogP contribution in [0.5, 0.6) is 0 Å². The van der Waals surface area contributed by atoms with Crippen LogP contribution in [0.1, 0.15) is 11.1 Å². The minimum absolute atomic E-state index is 0.954. The van der Waals surface area contributed by atoms with Crippen molar-refractivity contribution in [3.05, 3.63) is 17.2 Å². The summed E-state index contributed by atoms with van der Waals surface area (Å²) in [6.07, 6.45) is 0. The number of aryl methyl sites for hydroxylation is 1. The number of fused-ring (bicyclic) bond motifs is 1. The normalized spacial score (nSPS) is 10.8. The first-order valence-corrected chi connectivity index (χ1v) is 3.97. The van der Waals surface area contributed by atoms with Crippen molar-refractivity contribution in [2.75, 3.05) is 0 Å². The van der Waals surface area contributed by atoms with Gasteiger partial charge in [-0.15, -0.1) is 0 Å². The van der Waals surface area contributed by atoms with Gasteiger partial charge in [-0.25, -0.2) is 0 Å². The summed E-state index contributed by atoms with van der Waals surface area (Å²) in [4.78, 5) is 0. The van der Waals surface area contributed by atoms with Crippen molar-refractivity contribution < 1.29 is 0 Å². The molecule has 0 atom stereocenters. The Balaban J connectivity index is 2.94. The second-order valence-corrected chi connectivity index (χ2v) is 3.13. The highest BCUT2D eigenvalue weighted by molar-refractivity contribution is 6.34. The number of nitrogens with zero attached hydrogens (tertiary/aromatic N) is 2. The van der Waals surface area contributed by atoms with E-state index in [0.29, 0.717) is 0 Å². The first-order valence-electron chi connectivity index (χ1n) is 3.97. The first-order chi connectivity index (χ1) is 5.70. The van der Waals surface area contributed by atoms with E-state index in [-0.39, 0.29) is 0 Å².